The first-order valence-corrected chi connectivity index (χ1v) is 6.97. The van der Waals surface area contributed by atoms with Gasteiger partial charge in [0.05, 0.1) is 21.7 Å². The second-order valence-corrected chi connectivity index (χ2v) is 5.46. The summed E-state index contributed by atoms with van der Waals surface area (Å²) in [6.45, 7) is 0.723. The molecule has 0 aromatic heterocycles. The highest BCUT2D eigenvalue weighted by Gasteiger charge is 2.28. The van der Waals surface area contributed by atoms with Gasteiger partial charge in [-0.25, -0.2) is 4.79 Å². The van der Waals surface area contributed by atoms with Gasteiger partial charge < -0.3 is 15.3 Å². The number of halogens is 2. The van der Waals surface area contributed by atoms with Crippen LogP contribution in [0, 0.1) is 5.92 Å². The smallest absolute Gasteiger partial charge is 0.321 e. The summed E-state index contributed by atoms with van der Waals surface area (Å²) in [5.41, 5.74) is 0.346. The Balaban J connectivity index is 2.06. The van der Waals surface area contributed by atoms with Gasteiger partial charge in [0.15, 0.2) is 0 Å². The van der Waals surface area contributed by atoms with E-state index in [4.69, 9.17) is 28.3 Å². The number of amides is 2. The molecule has 2 N–H and O–H groups in total. The Labute approximate surface area is 126 Å². The number of hydrogen-bond donors (Lipinski definition) is 2. The number of urea groups is 1. The van der Waals surface area contributed by atoms with Gasteiger partial charge in [0.1, 0.15) is 0 Å². The number of anilines is 1. The van der Waals surface area contributed by atoms with Crippen molar-refractivity contribution in [2.45, 2.75) is 12.8 Å². The summed E-state index contributed by atoms with van der Waals surface area (Å²) >= 11 is 12.0. The van der Waals surface area contributed by atoms with E-state index in [1.54, 1.807) is 18.2 Å². The summed E-state index contributed by atoms with van der Waals surface area (Å²) in [4.78, 5) is 24.6. The van der Waals surface area contributed by atoms with Gasteiger partial charge in [0.2, 0.25) is 0 Å². The molecule has 108 valence electrons. The summed E-state index contributed by atoms with van der Waals surface area (Å²) in [6, 6.07) is 4.55. The molecular weight excluding hydrogens is 303 g/mol. The molecule has 0 radical (unpaired) electrons. The number of hydrogen-bond acceptors (Lipinski definition) is 2. The number of carbonyl (C=O) groups excluding carboxylic acids is 1. The summed E-state index contributed by atoms with van der Waals surface area (Å²) in [5.74, 6) is -1.39. The number of piperidine rings is 1. The fraction of sp³-hybridized carbons (Fsp3) is 0.385. The maximum absolute atomic E-state index is 12.1. The molecule has 2 amide bonds. The molecule has 1 aliphatic rings. The van der Waals surface area contributed by atoms with Crippen molar-refractivity contribution in [3.8, 4) is 0 Å². The Bertz CT molecular complexity index is 516. The summed E-state index contributed by atoms with van der Waals surface area (Å²) in [6.07, 6.45) is 1.26. The van der Waals surface area contributed by atoms with Crippen molar-refractivity contribution in [1.82, 2.24) is 4.90 Å². The van der Waals surface area contributed by atoms with E-state index in [0.29, 0.717) is 35.1 Å². The molecule has 1 heterocycles. The average molecular weight is 317 g/mol. The van der Waals surface area contributed by atoms with Crippen LogP contribution in [0.3, 0.4) is 0 Å². The van der Waals surface area contributed by atoms with Crippen LogP contribution in [-0.2, 0) is 4.79 Å². The molecule has 7 heteroatoms. The Morgan fingerprint density at radius 1 is 1.30 bits per heavy atom. The molecule has 2 rings (SSSR count). The van der Waals surface area contributed by atoms with Crippen molar-refractivity contribution < 1.29 is 14.7 Å². The number of carboxylic acids is 1. The van der Waals surface area contributed by atoms with Crippen molar-refractivity contribution in [3.63, 3.8) is 0 Å². The van der Waals surface area contributed by atoms with Crippen LogP contribution in [0.25, 0.3) is 0 Å². The van der Waals surface area contributed by atoms with E-state index in [9.17, 15) is 9.59 Å². The van der Waals surface area contributed by atoms with Gasteiger partial charge >= 0.3 is 12.0 Å². The zero-order valence-electron chi connectivity index (χ0n) is 10.6. The first kappa shape index (κ1) is 14.9. The first-order chi connectivity index (χ1) is 9.49. The molecule has 1 aromatic carbocycles. The number of likely N-dealkylation sites (tertiary alicyclic amines) is 1. The van der Waals surface area contributed by atoms with E-state index in [1.165, 1.54) is 4.90 Å². The molecule has 0 unspecified atom stereocenters. The third kappa shape index (κ3) is 3.35. The van der Waals surface area contributed by atoms with Crippen LogP contribution in [0.4, 0.5) is 10.5 Å². The van der Waals surface area contributed by atoms with Gasteiger partial charge in [-0.2, -0.15) is 0 Å². The lowest BCUT2D eigenvalue weighted by atomic mass is 9.99. The SMILES string of the molecule is O=C(O)[C@H]1CCCN(C(=O)Nc2c(Cl)cccc2Cl)C1. The Hall–Kier alpha value is -1.46. The summed E-state index contributed by atoms with van der Waals surface area (Å²) in [5, 5.41) is 12.3. The van der Waals surface area contributed by atoms with Gasteiger partial charge in [-0.1, -0.05) is 29.3 Å². The minimum absolute atomic E-state index is 0.198. The molecule has 5 nitrogen and oxygen atoms in total. The number of rotatable bonds is 2. The molecule has 1 fully saturated rings. The molecule has 1 atom stereocenters. The summed E-state index contributed by atoms with van der Waals surface area (Å²) < 4.78 is 0. The molecule has 0 spiro atoms. The fourth-order valence-corrected chi connectivity index (χ4v) is 2.66. The maximum Gasteiger partial charge on any atom is 0.321 e. The topological polar surface area (TPSA) is 69.6 Å². The van der Waals surface area contributed by atoms with Crippen LogP contribution < -0.4 is 5.32 Å². The Morgan fingerprint density at radius 3 is 2.55 bits per heavy atom. The lowest BCUT2D eigenvalue weighted by Crippen LogP contribution is -2.44. The van der Waals surface area contributed by atoms with E-state index in [2.05, 4.69) is 5.32 Å². The van der Waals surface area contributed by atoms with E-state index >= 15 is 0 Å². The van der Waals surface area contributed by atoms with E-state index in [0.717, 1.165) is 0 Å². The van der Waals surface area contributed by atoms with Gasteiger partial charge in [0.25, 0.3) is 0 Å². The number of nitrogens with one attached hydrogen (secondary N) is 1. The van der Waals surface area contributed by atoms with Gasteiger partial charge in [-0.3, -0.25) is 4.79 Å². The maximum atomic E-state index is 12.1. The van der Waals surface area contributed by atoms with Gasteiger partial charge in [0, 0.05) is 13.1 Å². The van der Waals surface area contributed by atoms with Crippen molar-refractivity contribution in [2.75, 3.05) is 18.4 Å². The first-order valence-electron chi connectivity index (χ1n) is 6.22. The zero-order chi connectivity index (χ0) is 14.7. The largest absolute Gasteiger partial charge is 0.481 e. The van der Waals surface area contributed by atoms with Gasteiger partial charge in [-0.05, 0) is 25.0 Å². The number of nitrogens with zero attached hydrogens (tertiary/aromatic N) is 1. The van der Waals surface area contributed by atoms with Crippen molar-refractivity contribution in [2.24, 2.45) is 5.92 Å². The molecule has 0 saturated carbocycles. The van der Waals surface area contributed by atoms with Crippen molar-refractivity contribution in [1.29, 1.82) is 0 Å². The highest BCUT2D eigenvalue weighted by molar-refractivity contribution is 6.39. The van der Waals surface area contributed by atoms with Crippen LogP contribution >= 0.6 is 23.2 Å². The average Bonchev–Trinajstić information content (AvgIpc) is 2.43. The highest BCUT2D eigenvalue weighted by atomic mass is 35.5. The third-order valence-electron chi connectivity index (χ3n) is 3.25. The van der Waals surface area contributed by atoms with Crippen LogP contribution in [0.2, 0.25) is 10.0 Å². The molecular formula is C13H14Cl2N2O3. The second kappa shape index (κ2) is 6.33. The molecule has 20 heavy (non-hydrogen) atoms. The van der Waals surface area contributed by atoms with E-state index in [-0.39, 0.29) is 12.6 Å². The minimum Gasteiger partial charge on any atom is -0.481 e. The number of benzene rings is 1. The monoisotopic (exact) mass is 316 g/mol. The second-order valence-electron chi connectivity index (χ2n) is 4.65. The van der Waals surface area contributed by atoms with E-state index in [1.807, 2.05) is 0 Å². The minimum atomic E-state index is -0.877. The molecule has 0 aliphatic carbocycles. The standard InChI is InChI=1S/C13H14Cl2N2O3/c14-9-4-1-5-10(15)11(9)16-13(20)17-6-2-3-8(7-17)12(18)19/h1,4-5,8H,2-3,6-7H2,(H,16,20)(H,18,19)/t8-/m0/s1. The Morgan fingerprint density at radius 2 is 1.95 bits per heavy atom. The number of carboxylic acid groups (broad SMARTS) is 1. The predicted molar refractivity (Wildman–Crippen MR) is 77.4 cm³/mol. The number of aliphatic carboxylic acids is 1. The molecule has 1 aliphatic heterocycles. The van der Waals surface area contributed by atoms with Gasteiger partial charge in [-0.15, -0.1) is 0 Å². The highest BCUT2D eigenvalue weighted by Crippen LogP contribution is 2.30. The lowest BCUT2D eigenvalue weighted by Gasteiger charge is -2.30. The zero-order valence-corrected chi connectivity index (χ0v) is 12.1. The van der Waals surface area contributed by atoms with Crippen LogP contribution in [0.15, 0.2) is 18.2 Å². The van der Waals surface area contributed by atoms with Crippen LogP contribution in [-0.4, -0.2) is 35.1 Å². The predicted octanol–water partition coefficient (Wildman–Crippen LogP) is 3.32. The normalized spacial score (nSPS) is 18.7. The number of carbonyl (C=O) groups is 2. The number of para-hydroxylation sites is 1. The Kier molecular flexibility index (Phi) is 4.73. The van der Waals surface area contributed by atoms with Crippen LogP contribution in [0.5, 0.6) is 0 Å². The van der Waals surface area contributed by atoms with Crippen LogP contribution in [0.1, 0.15) is 12.8 Å². The molecule has 1 aromatic rings. The third-order valence-corrected chi connectivity index (χ3v) is 3.88. The quantitative estimate of drug-likeness (QED) is 0.879. The van der Waals surface area contributed by atoms with E-state index < -0.39 is 11.9 Å². The molecule has 0 bridgehead atoms. The van der Waals surface area contributed by atoms with Crippen molar-refractivity contribution in [3.05, 3.63) is 28.2 Å². The lowest BCUT2D eigenvalue weighted by molar-refractivity contribution is -0.143. The molecule has 1 saturated heterocycles. The van der Waals surface area contributed by atoms with Crippen molar-refractivity contribution >= 4 is 40.9 Å². The fourth-order valence-electron chi connectivity index (χ4n) is 2.17. The summed E-state index contributed by atoms with van der Waals surface area (Å²) in [7, 11) is 0.